The van der Waals surface area contributed by atoms with Gasteiger partial charge in [0.2, 0.25) is 5.72 Å². The number of aliphatic hydroxyl groups is 1. The molecular formula is C11H9ClN2OS. The molecule has 0 spiro atoms. The molecule has 0 radical (unpaired) electrons. The Morgan fingerprint density at radius 2 is 2.12 bits per heavy atom. The molecule has 0 fully saturated rings. The number of thioether (sulfide) groups is 1. The first-order valence-electron chi connectivity index (χ1n) is 4.86. The lowest BCUT2D eigenvalue weighted by molar-refractivity contribution is 0.0480. The minimum absolute atomic E-state index is 0.466. The van der Waals surface area contributed by atoms with Gasteiger partial charge in [-0.15, -0.1) is 0 Å². The Balaban J connectivity index is 1.96. The molecule has 1 N–H and O–H groups in total. The summed E-state index contributed by atoms with van der Waals surface area (Å²) >= 11 is 7.34. The number of halogens is 1. The van der Waals surface area contributed by atoms with E-state index in [0.29, 0.717) is 11.6 Å². The lowest BCUT2D eigenvalue weighted by Gasteiger charge is -2.20. The summed E-state index contributed by atoms with van der Waals surface area (Å²) < 4.78 is 0. The van der Waals surface area contributed by atoms with Crippen molar-refractivity contribution in [2.45, 2.75) is 5.72 Å². The van der Waals surface area contributed by atoms with Gasteiger partial charge in [0.25, 0.3) is 0 Å². The second-order valence-electron chi connectivity index (χ2n) is 3.75. The van der Waals surface area contributed by atoms with E-state index in [2.05, 4.69) is 4.99 Å². The molecule has 0 bridgehead atoms. The van der Waals surface area contributed by atoms with Crippen LogP contribution in [0.5, 0.6) is 0 Å². The van der Waals surface area contributed by atoms with E-state index < -0.39 is 5.72 Å². The number of fused-ring (bicyclic) bond motifs is 1. The average Bonchev–Trinajstić information content (AvgIpc) is 2.77. The van der Waals surface area contributed by atoms with Crippen molar-refractivity contribution in [3.05, 3.63) is 46.5 Å². The molecule has 1 atom stereocenters. The van der Waals surface area contributed by atoms with Crippen molar-refractivity contribution in [1.82, 2.24) is 4.90 Å². The highest BCUT2D eigenvalue weighted by molar-refractivity contribution is 8.16. The molecule has 2 aliphatic rings. The SMILES string of the molecule is OC1(c2ccc(Cl)cc2)CN2C=CSC2=N1. The molecule has 3 nitrogen and oxygen atoms in total. The lowest BCUT2D eigenvalue weighted by Crippen LogP contribution is -2.29. The van der Waals surface area contributed by atoms with Crippen LogP contribution in [0.15, 0.2) is 40.9 Å². The molecule has 82 valence electrons. The van der Waals surface area contributed by atoms with Gasteiger partial charge in [-0.25, -0.2) is 4.99 Å². The summed E-state index contributed by atoms with van der Waals surface area (Å²) in [5, 5.41) is 13.9. The van der Waals surface area contributed by atoms with Gasteiger partial charge in [-0.2, -0.15) is 0 Å². The van der Waals surface area contributed by atoms with E-state index in [4.69, 9.17) is 11.6 Å². The zero-order valence-corrected chi connectivity index (χ0v) is 9.87. The Bertz CT molecular complexity index is 485. The Morgan fingerprint density at radius 3 is 2.81 bits per heavy atom. The number of amidine groups is 1. The lowest BCUT2D eigenvalue weighted by atomic mass is 10.0. The first-order chi connectivity index (χ1) is 7.67. The van der Waals surface area contributed by atoms with Crippen LogP contribution in [0.2, 0.25) is 5.02 Å². The average molecular weight is 253 g/mol. The van der Waals surface area contributed by atoms with Gasteiger partial charge in [0, 0.05) is 16.8 Å². The molecule has 0 aliphatic carbocycles. The molecule has 3 rings (SSSR count). The van der Waals surface area contributed by atoms with Gasteiger partial charge in [-0.3, -0.25) is 0 Å². The first kappa shape index (κ1) is 10.2. The highest BCUT2D eigenvalue weighted by Gasteiger charge is 2.39. The topological polar surface area (TPSA) is 35.8 Å². The van der Waals surface area contributed by atoms with Gasteiger partial charge < -0.3 is 10.0 Å². The van der Waals surface area contributed by atoms with Crippen LogP contribution in [0.1, 0.15) is 5.56 Å². The summed E-state index contributed by atoms with van der Waals surface area (Å²) in [5.41, 5.74) is -0.370. The molecule has 5 heteroatoms. The number of benzene rings is 1. The van der Waals surface area contributed by atoms with Crippen molar-refractivity contribution in [2.24, 2.45) is 4.99 Å². The Labute approximate surface area is 102 Å². The zero-order chi connectivity index (χ0) is 11.2. The van der Waals surface area contributed by atoms with Crippen LogP contribution in [-0.4, -0.2) is 21.7 Å². The standard InChI is InChI=1S/C11H9ClN2OS/c12-9-3-1-8(2-4-9)11(15)7-14-5-6-16-10(14)13-11/h1-6,15H,7H2. The molecule has 16 heavy (non-hydrogen) atoms. The van der Waals surface area contributed by atoms with E-state index in [1.807, 2.05) is 28.6 Å². The highest BCUT2D eigenvalue weighted by atomic mass is 35.5. The second kappa shape index (κ2) is 3.52. The molecule has 1 aromatic carbocycles. The van der Waals surface area contributed by atoms with Gasteiger partial charge in [-0.05, 0) is 17.5 Å². The van der Waals surface area contributed by atoms with Gasteiger partial charge >= 0.3 is 0 Å². The highest BCUT2D eigenvalue weighted by Crippen LogP contribution is 2.36. The normalized spacial score (nSPS) is 27.1. The van der Waals surface area contributed by atoms with E-state index in [1.165, 1.54) is 11.8 Å². The third kappa shape index (κ3) is 1.54. The van der Waals surface area contributed by atoms with Crippen LogP contribution < -0.4 is 0 Å². The summed E-state index contributed by atoms with van der Waals surface area (Å²) in [6.45, 7) is 0.466. The van der Waals surface area contributed by atoms with E-state index in [9.17, 15) is 5.11 Å². The minimum Gasteiger partial charge on any atom is -0.364 e. The zero-order valence-electron chi connectivity index (χ0n) is 8.30. The summed E-state index contributed by atoms with van der Waals surface area (Å²) in [4.78, 5) is 6.28. The fourth-order valence-corrected chi connectivity index (χ4v) is 2.73. The van der Waals surface area contributed by atoms with Crippen LogP contribution in [0.4, 0.5) is 0 Å². The van der Waals surface area contributed by atoms with E-state index in [0.717, 1.165) is 10.7 Å². The van der Waals surface area contributed by atoms with Crippen LogP contribution in [0.3, 0.4) is 0 Å². The van der Waals surface area contributed by atoms with E-state index >= 15 is 0 Å². The van der Waals surface area contributed by atoms with Gasteiger partial charge in [0.15, 0.2) is 5.17 Å². The van der Waals surface area contributed by atoms with Gasteiger partial charge in [0.05, 0.1) is 6.54 Å². The maximum Gasteiger partial charge on any atom is 0.203 e. The van der Waals surface area contributed by atoms with Crippen molar-refractivity contribution in [1.29, 1.82) is 0 Å². The van der Waals surface area contributed by atoms with Crippen molar-refractivity contribution < 1.29 is 5.11 Å². The van der Waals surface area contributed by atoms with Crippen molar-refractivity contribution in [2.75, 3.05) is 6.54 Å². The van der Waals surface area contributed by atoms with Crippen LogP contribution in [0.25, 0.3) is 0 Å². The molecule has 0 saturated carbocycles. The second-order valence-corrected chi connectivity index (χ2v) is 5.06. The van der Waals surface area contributed by atoms with Crippen LogP contribution in [-0.2, 0) is 5.72 Å². The number of hydrogen-bond donors (Lipinski definition) is 1. The monoisotopic (exact) mass is 252 g/mol. The molecule has 2 aliphatic heterocycles. The third-order valence-electron chi connectivity index (χ3n) is 2.64. The summed E-state index contributed by atoms with van der Waals surface area (Å²) in [7, 11) is 0. The summed E-state index contributed by atoms with van der Waals surface area (Å²) in [6.07, 6.45) is 1.93. The maximum absolute atomic E-state index is 10.4. The van der Waals surface area contributed by atoms with Gasteiger partial charge in [-0.1, -0.05) is 35.5 Å². The Hall–Kier alpha value is -0.970. The predicted molar refractivity (Wildman–Crippen MR) is 66.2 cm³/mol. The smallest absolute Gasteiger partial charge is 0.203 e. The maximum atomic E-state index is 10.4. The third-order valence-corrected chi connectivity index (χ3v) is 3.68. The Kier molecular flexibility index (Phi) is 2.24. The molecule has 1 aromatic rings. The molecular weight excluding hydrogens is 244 g/mol. The quantitative estimate of drug-likeness (QED) is 0.834. The minimum atomic E-state index is -1.14. The predicted octanol–water partition coefficient (Wildman–Crippen LogP) is 2.37. The number of nitrogens with zero attached hydrogens (tertiary/aromatic N) is 2. The summed E-state index contributed by atoms with van der Waals surface area (Å²) in [6, 6.07) is 7.15. The summed E-state index contributed by atoms with van der Waals surface area (Å²) in [5.74, 6) is 0. The van der Waals surface area contributed by atoms with Crippen molar-refractivity contribution >= 4 is 28.5 Å². The first-order valence-corrected chi connectivity index (χ1v) is 6.11. The molecule has 1 unspecified atom stereocenters. The Morgan fingerprint density at radius 1 is 1.38 bits per heavy atom. The molecule has 2 heterocycles. The van der Waals surface area contributed by atoms with E-state index in [1.54, 1.807) is 12.1 Å². The van der Waals surface area contributed by atoms with Gasteiger partial charge in [0.1, 0.15) is 0 Å². The van der Waals surface area contributed by atoms with E-state index in [-0.39, 0.29) is 0 Å². The van der Waals surface area contributed by atoms with Crippen molar-refractivity contribution in [3.63, 3.8) is 0 Å². The number of aliphatic imine (C=N–C) groups is 1. The van der Waals surface area contributed by atoms with Crippen molar-refractivity contribution in [3.8, 4) is 0 Å². The van der Waals surface area contributed by atoms with Crippen LogP contribution >= 0.6 is 23.4 Å². The molecule has 0 aromatic heterocycles. The van der Waals surface area contributed by atoms with Crippen LogP contribution in [0, 0.1) is 0 Å². The largest absolute Gasteiger partial charge is 0.364 e. The molecule has 0 saturated heterocycles. The number of rotatable bonds is 1. The fourth-order valence-electron chi connectivity index (χ4n) is 1.81. The fraction of sp³-hybridized carbons (Fsp3) is 0.182. The number of hydrogen-bond acceptors (Lipinski definition) is 4. The molecule has 0 amide bonds.